The second kappa shape index (κ2) is 7.11. The molecule has 0 aliphatic carbocycles. The van der Waals surface area contributed by atoms with Crippen LogP contribution in [0.4, 0.5) is 0 Å². The molecule has 8 heteroatoms. The average Bonchev–Trinajstić information content (AvgIpc) is 3.47. The van der Waals surface area contributed by atoms with E-state index in [9.17, 15) is 4.79 Å². The van der Waals surface area contributed by atoms with Crippen molar-refractivity contribution in [3.63, 3.8) is 0 Å². The molecule has 4 atom stereocenters. The van der Waals surface area contributed by atoms with Crippen molar-refractivity contribution in [2.75, 3.05) is 26.7 Å². The number of likely N-dealkylation sites (tertiary alicyclic amines) is 1. The van der Waals surface area contributed by atoms with Crippen molar-refractivity contribution in [3.8, 4) is 5.75 Å². The van der Waals surface area contributed by atoms with E-state index in [4.69, 9.17) is 13.9 Å². The van der Waals surface area contributed by atoms with E-state index in [2.05, 4.69) is 20.4 Å². The Balaban J connectivity index is 1.25. The summed E-state index contributed by atoms with van der Waals surface area (Å²) in [6, 6.07) is 7.30. The summed E-state index contributed by atoms with van der Waals surface area (Å²) >= 11 is 0. The van der Waals surface area contributed by atoms with E-state index in [1.54, 1.807) is 26.2 Å². The smallest absolute Gasteiger partial charge is 0.255 e. The van der Waals surface area contributed by atoms with Crippen LogP contribution in [0, 0.1) is 18.8 Å². The molecule has 1 aromatic heterocycles. The van der Waals surface area contributed by atoms with Crippen molar-refractivity contribution in [3.05, 3.63) is 41.6 Å². The minimum absolute atomic E-state index is 0.0977. The molecular weight excluding hydrogens is 372 g/mol. The van der Waals surface area contributed by atoms with Crippen molar-refractivity contribution in [2.24, 2.45) is 11.8 Å². The number of carbonyl (C=O) groups is 1. The van der Waals surface area contributed by atoms with Gasteiger partial charge in [0.1, 0.15) is 5.75 Å². The lowest BCUT2D eigenvalue weighted by Crippen LogP contribution is -2.42. The van der Waals surface area contributed by atoms with Gasteiger partial charge < -0.3 is 19.2 Å². The maximum Gasteiger partial charge on any atom is 0.255 e. The van der Waals surface area contributed by atoms with E-state index in [-0.39, 0.29) is 17.6 Å². The number of para-hydroxylation sites is 1. The molecule has 0 saturated carbocycles. The van der Waals surface area contributed by atoms with Gasteiger partial charge in [-0.15, -0.1) is 10.2 Å². The van der Waals surface area contributed by atoms with Crippen molar-refractivity contribution in [1.29, 1.82) is 0 Å². The molecule has 29 heavy (non-hydrogen) atoms. The number of methoxy groups -OCH3 is 1. The minimum atomic E-state index is -0.101. The predicted octanol–water partition coefficient (Wildman–Crippen LogP) is 1.80. The number of hydrogen-bond acceptors (Lipinski definition) is 7. The zero-order valence-corrected chi connectivity index (χ0v) is 16.8. The zero-order chi connectivity index (χ0) is 20.0. The Morgan fingerprint density at radius 3 is 3.03 bits per heavy atom. The lowest BCUT2D eigenvalue weighted by molar-refractivity contribution is 0.00154. The molecule has 154 valence electrons. The Labute approximate surface area is 169 Å². The number of rotatable bonds is 6. The maximum atomic E-state index is 12.7. The summed E-state index contributed by atoms with van der Waals surface area (Å²) in [5, 5.41) is 11.2. The average molecular weight is 398 g/mol. The first-order valence-corrected chi connectivity index (χ1v) is 10.2. The van der Waals surface area contributed by atoms with Crippen molar-refractivity contribution < 1.29 is 18.7 Å². The zero-order valence-electron chi connectivity index (χ0n) is 16.8. The standard InChI is InChI=1S/C21H26N4O4/c1-13-23-24-19(28-13)11-25-10-16-15(18-7-8-21(16,12-25)29-18)9-22-20(26)14-5-3-4-6-17(14)27-2/h3-6,15-16,18H,7-12H2,1-2H3,(H,22,26)/t15-,16+,18+,21+/m0/s1. The molecule has 0 unspecified atom stereocenters. The van der Waals surface area contributed by atoms with Crippen LogP contribution in [0.25, 0.3) is 0 Å². The highest BCUT2D eigenvalue weighted by molar-refractivity contribution is 5.96. The first-order chi connectivity index (χ1) is 14.1. The fraction of sp³-hybridized carbons (Fsp3) is 0.571. The highest BCUT2D eigenvalue weighted by atomic mass is 16.5. The number of benzene rings is 1. The van der Waals surface area contributed by atoms with Crippen LogP contribution >= 0.6 is 0 Å². The third-order valence-corrected chi connectivity index (χ3v) is 6.63. The Hall–Kier alpha value is -2.45. The van der Waals surface area contributed by atoms with Gasteiger partial charge in [-0.1, -0.05) is 12.1 Å². The first-order valence-electron chi connectivity index (χ1n) is 10.2. The molecule has 1 amide bonds. The van der Waals surface area contributed by atoms with Gasteiger partial charge in [0.05, 0.1) is 30.9 Å². The van der Waals surface area contributed by atoms with Gasteiger partial charge in [-0.3, -0.25) is 9.69 Å². The monoisotopic (exact) mass is 398 g/mol. The molecule has 2 aromatic rings. The Kier molecular flexibility index (Phi) is 4.55. The van der Waals surface area contributed by atoms with Crippen LogP contribution in [0.3, 0.4) is 0 Å². The summed E-state index contributed by atoms with van der Waals surface area (Å²) in [7, 11) is 1.58. The van der Waals surface area contributed by atoms with Gasteiger partial charge in [-0.2, -0.15) is 0 Å². The normalized spacial score (nSPS) is 30.5. The highest BCUT2D eigenvalue weighted by Gasteiger charge is 2.62. The quantitative estimate of drug-likeness (QED) is 0.793. The summed E-state index contributed by atoms with van der Waals surface area (Å²) in [6.07, 6.45) is 2.36. The number of carbonyl (C=O) groups excluding carboxylic acids is 1. The number of amides is 1. The molecule has 3 fully saturated rings. The van der Waals surface area contributed by atoms with Crippen LogP contribution in [0.2, 0.25) is 0 Å². The van der Waals surface area contributed by atoms with Crippen molar-refractivity contribution in [2.45, 2.75) is 38.0 Å². The number of nitrogens with zero attached hydrogens (tertiary/aromatic N) is 3. The molecule has 3 saturated heterocycles. The van der Waals surface area contributed by atoms with E-state index in [1.807, 2.05) is 12.1 Å². The summed E-state index contributed by atoms with van der Waals surface area (Å²) in [5.74, 6) is 2.45. The van der Waals surface area contributed by atoms with Crippen LogP contribution in [0.1, 0.15) is 35.0 Å². The maximum absolute atomic E-state index is 12.7. The number of aromatic nitrogens is 2. The summed E-state index contributed by atoms with van der Waals surface area (Å²) in [6.45, 7) is 4.87. The van der Waals surface area contributed by atoms with Crippen LogP contribution < -0.4 is 10.1 Å². The molecule has 3 aliphatic heterocycles. The number of nitrogens with one attached hydrogen (secondary N) is 1. The molecule has 1 N–H and O–H groups in total. The van der Waals surface area contributed by atoms with E-state index < -0.39 is 0 Å². The van der Waals surface area contributed by atoms with Gasteiger partial charge in [-0.25, -0.2) is 0 Å². The number of ether oxygens (including phenoxy) is 2. The van der Waals surface area contributed by atoms with Gasteiger partial charge in [0.25, 0.3) is 5.91 Å². The number of aryl methyl sites for hydroxylation is 1. The van der Waals surface area contributed by atoms with E-state index in [1.165, 1.54) is 0 Å². The van der Waals surface area contributed by atoms with Gasteiger partial charge >= 0.3 is 0 Å². The minimum Gasteiger partial charge on any atom is -0.496 e. The van der Waals surface area contributed by atoms with E-state index >= 15 is 0 Å². The largest absolute Gasteiger partial charge is 0.496 e. The van der Waals surface area contributed by atoms with Gasteiger partial charge in [0, 0.05) is 38.4 Å². The van der Waals surface area contributed by atoms with Gasteiger partial charge in [0.2, 0.25) is 11.8 Å². The van der Waals surface area contributed by atoms with Crippen LogP contribution in [0.15, 0.2) is 28.7 Å². The molecule has 2 bridgehead atoms. The summed E-state index contributed by atoms with van der Waals surface area (Å²) in [5.41, 5.74) is 0.466. The van der Waals surface area contributed by atoms with Crippen molar-refractivity contribution >= 4 is 5.91 Å². The first kappa shape index (κ1) is 18.6. The predicted molar refractivity (Wildman–Crippen MR) is 103 cm³/mol. The van der Waals surface area contributed by atoms with Gasteiger partial charge in [-0.05, 0) is 25.0 Å². The molecule has 3 aliphatic rings. The molecular formula is C21H26N4O4. The van der Waals surface area contributed by atoms with Gasteiger partial charge in [0.15, 0.2) is 0 Å². The lowest BCUT2D eigenvalue weighted by atomic mass is 9.73. The fourth-order valence-electron chi connectivity index (χ4n) is 5.41. The topological polar surface area (TPSA) is 89.7 Å². The highest BCUT2D eigenvalue weighted by Crippen LogP contribution is 2.54. The summed E-state index contributed by atoms with van der Waals surface area (Å²) < 4.78 is 17.3. The second-order valence-corrected chi connectivity index (χ2v) is 8.32. The third kappa shape index (κ3) is 3.20. The summed E-state index contributed by atoms with van der Waals surface area (Å²) in [4.78, 5) is 15.1. The molecule has 4 heterocycles. The third-order valence-electron chi connectivity index (χ3n) is 6.63. The molecule has 0 radical (unpaired) electrons. The Morgan fingerprint density at radius 1 is 1.38 bits per heavy atom. The second-order valence-electron chi connectivity index (χ2n) is 8.32. The molecule has 1 aromatic carbocycles. The SMILES string of the molecule is COc1ccccc1C(=O)NC[C@H]1[C@H]2CN(Cc3nnc(C)o3)C[C@]23CC[C@H]1O3. The molecule has 1 spiro atoms. The Morgan fingerprint density at radius 2 is 2.24 bits per heavy atom. The molecule has 5 rings (SSSR count). The van der Waals surface area contributed by atoms with E-state index in [0.29, 0.717) is 48.0 Å². The Bertz CT molecular complexity index is 916. The van der Waals surface area contributed by atoms with Crippen LogP contribution in [-0.2, 0) is 11.3 Å². The number of hydrogen-bond donors (Lipinski definition) is 1. The van der Waals surface area contributed by atoms with E-state index in [0.717, 1.165) is 25.9 Å². The van der Waals surface area contributed by atoms with Crippen LogP contribution in [-0.4, -0.2) is 59.5 Å². The lowest BCUT2D eigenvalue weighted by Gasteiger charge is -2.29. The molecule has 8 nitrogen and oxygen atoms in total. The van der Waals surface area contributed by atoms with Crippen LogP contribution in [0.5, 0.6) is 5.75 Å². The van der Waals surface area contributed by atoms with Crippen molar-refractivity contribution in [1.82, 2.24) is 20.4 Å². The number of fused-ring (bicyclic) bond motifs is 1. The fourth-order valence-corrected chi connectivity index (χ4v) is 5.41.